The van der Waals surface area contributed by atoms with Gasteiger partial charge in [-0.2, -0.15) is 5.10 Å². The second kappa shape index (κ2) is 5.93. The molecule has 0 saturated heterocycles. The van der Waals surface area contributed by atoms with Gasteiger partial charge in [0.2, 0.25) is 0 Å². The van der Waals surface area contributed by atoms with E-state index in [0.717, 1.165) is 32.7 Å². The third kappa shape index (κ3) is 2.90. The molecule has 22 heavy (non-hydrogen) atoms. The Morgan fingerprint density at radius 3 is 2.45 bits per heavy atom. The molecule has 0 bridgehead atoms. The van der Waals surface area contributed by atoms with Crippen LogP contribution in [0.5, 0.6) is 0 Å². The van der Waals surface area contributed by atoms with Crippen molar-refractivity contribution >= 4 is 27.4 Å². The highest BCUT2D eigenvalue weighted by Crippen LogP contribution is 2.28. The summed E-state index contributed by atoms with van der Waals surface area (Å²) in [4.78, 5) is 0. The topological polar surface area (TPSA) is 29.9 Å². The van der Waals surface area contributed by atoms with Crippen molar-refractivity contribution in [3.05, 3.63) is 64.5 Å². The third-order valence-electron chi connectivity index (χ3n) is 3.54. The van der Waals surface area contributed by atoms with Crippen LogP contribution in [0.4, 0.5) is 15.9 Å². The molecule has 0 aliphatic rings. The van der Waals surface area contributed by atoms with Crippen LogP contribution in [-0.4, -0.2) is 9.78 Å². The summed E-state index contributed by atoms with van der Waals surface area (Å²) in [5.74, 6) is 0.686. The molecule has 0 atom stereocenters. The smallest absolute Gasteiger partial charge is 0.142 e. The Bertz CT molecular complexity index is 790. The van der Waals surface area contributed by atoms with Gasteiger partial charge in [0.15, 0.2) is 0 Å². The minimum atomic E-state index is -0.208. The van der Waals surface area contributed by atoms with Crippen molar-refractivity contribution in [1.29, 1.82) is 0 Å². The second-order valence-electron chi connectivity index (χ2n) is 5.13. The minimum absolute atomic E-state index is 0.208. The number of halogens is 2. The van der Waals surface area contributed by atoms with Crippen LogP contribution in [0.3, 0.4) is 0 Å². The van der Waals surface area contributed by atoms with E-state index in [4.69, 9.17) is 0 Å². The molecule has 5 heteroatoms. The van der Waals surface area contributed by atoms with Gasteiger partial charge in [0.1, 0.15) is 11.6 Å². The molecule has 2 aromatic carbocycles. The zero-order valence-corrected chi connectivity index (χ0v) is 13.9. The maximum atomic E-state index is 13.2. The summed E-state index contributed by atoms with van der Waals surface area (Å²) in [5, 5.41) is 7.49. The lowest BCUT2D eigenvalue weighted by Crippen LogP contribution is -1.99. The standard InChI is InChI=1S/C17H15BrFN3/c1-11-9-13(19)5-8-15(11)12-3-6-14(7-4-12)21-17-16(18)10-20-22(17)2/h3-10,21H,1-2H3. The van der Waals surface area contributed by atoms with E-state index in [1.165, 1.54) is 6.07 Å². The molecule has 112 valence electrons. The monoisotopic (exact) mass is 359 g/mol. The Balaban J connectivity index is 1.87. The molecule has 0 spiro atoms. The van der Waals surface area contributed by atoms with Gasteiger partial charge in [-0.1, -0.05) is 18.2 Å². The molecule has 3 rings (SSSR count). The Morgan fingerprint density at radius 2 is 1.86 bits per heavy atom. The van der Waals surface area contributed by atoms with Gasteiger partial charge in [-0.3, -0.25) is 4.68 Å². The number of benzene rings is 2. The Labute approximate surface area is 136 Å². The summed E-state index contributed by atoms with van der Waals surface area (Å²) >= 11 is 3.46. The third-order valence-corrected chi connectivity index (χ3v) is 4.12. The van der Waals surface area contributed by atoms with E-state index in [9.17, 15) is 4.39 Å². The van der Waals surface area contributed by atoms with Crippen LogP contribution in [0.2, 0.25) is 0 Å². The van der Waals surface area contributed by atoms with Crippen molar-refractivity contribution in [1.82, 2.24) is 9.78 Å². The summed E-state index contributed by atoms with van der Waals surface area (Å²) in [6.45, 7) is 1.91. The highest BCUT2D eigenvalue weighted by Gasteiger charge is 2.07. The first-order chi connectivity index (χ1) is 10.5. The number of hydrogen-bond donors (Lipinski definition) is 1. The fourth-order valence-corrected chi connectivity index (χ4v) is 2.82. The van der Waals surface area contributed by atoms with E-state index in [0.29, 0.717) is 0 Å². The molecule has 1 heterocycles. The molecular weight excluding hydrogens is 345 g/mol. The van der Waals surface area contributed by atoms with Gasteiger partial charge in [-0.05, 0) is 63.8 Å². The second-order valence-corrected chi connectivity index (χ2v) is 5.98. The fourth-order valence-electron chi connectivity index (χ4n) is 2.37. The lowest BCUT2D eigenvalue weighted by molar-refractivity contribution is 0.627. The SMILES string of the molecule is Cc1cc(F)ccc1-c1ccc(Nc2c(Br)cnn2C)cc1. The van der Waals surface area contributed by atoms with Gasteiger partial charge in [-0.15, -0.1) is 0 Å². The number of nitrogens with zero attached hydrogens (tertiary/aromatic N) is 2. The zero-order chi connectivity index (χ0) is 15.7. The molecule has 3 nitrogen and oxygen atoms in total. The van der Waals surface area contributed by atoms with Crippen molar-refractivity contribution in [2.75, 3.05) is 5.32 Å². The first-order valence-electron chi connectivity index (χ1n) is 6.86. The van der Waals surface area contributed by atoms with Gasteiger partial charge in [0.25, 0.3) is 0 Å². The summed E-state index contributed by atoms with van der Waals surface area (Å²) < 4.78 is 15.9. The number of hydrogen-bond acceptors (Lipinski definition) is 2. The molecule has 0 aliphatic carbocycles. The summed E-state index contributed by atoms with van der Waals surface area (Å²) in [6, 6.07) is 12.9. The largest absolute Gasteiger partial charge is 0.340 e. The van der Waals surface area contributed by atoms with E-state index in [1.54, 1.807) is 16.9 Å². The van der Waals surface area contributed by atoms with Crippen molar-refractivity contribution in [3.8, 4) is 11.1 Å². The van der Waals surface area contributed by atoms with Crippen LogP contribution in [0.15, 0.2) is 53.1 Å². The normalized spacial score (nSPS) is 10.7. The lowest BCUT2D eigenvalue weighted by atomic mass is 10.0. The van der Waals surface area contributed by atoms with Gasteiger partial charge in [-0.25, -0.2) is 4.39 Å². The van der Waals surface area contributed by atoms with E-state index in [1.807, 2.05) is 44.3 Å². The van der Waals surface area contributed by atoms with Gasteiger partial charge >= 0.3 is 0 Å². The Hall–Kier alpha value is -2.14. The van der Waals surface area contributed by atoms with Crippen LogP contribution in [0.25, 0.3) is 11.1 Å². The fraction of sp³-hybridized carbons (Fsp3) is 0.118. The molecular formula is C17H15BrFN3. The summed E-state index contributed by atoms with van der Waals surface area (Å²) in [5.41, 5.74) is 3.99. The van der Waals surface area contributed by atoms with E-state index in [2.05, 4.69) is 26.3 Å². The number of anilines is 2. The highest BCUT2D eigenvalue weighted by molar-refractivity contribution is 9.10. The predicted octanol–water partition coefficient (Wildman–Crippen LogP) is 5.04. The van der Waals surface area contributed by atoms with Crippen molar-refractivity contribution in [3.63, 3.8) is 0 Å². The van der Waals surface area contributed by atoms with Gasteiger partial charge in [0, 0.05) is 12.7 Å². The minimum Gasteiger partial charge on any atom is -0.340 e. The average Bonchev–Trinajstić information content (AvgIpc) is 2.80. The highest BCUT2D eigenvalue weighted by atomic mass is 79.9. The number of aromatic nitrogens is 2. The van der Waals surface area contributed by atoms with E-state index < -0.39 is 0 Å². The number of nitrogens with one attached hydrogen (secondary N) is 1. The maximum Gasteiger partial charge on any atom is 0.142 e. The van der Waals surface area contributed by atoms with Gasteiger partial charge in [0.05, 0.1) is 10.7 Å². The Kier molecular flexibility index (Phi) is 3.98. The van der Waals surface area contributed by atoms with Gasteiger partial charge < -0.3 is 5.32 Å². The first-order valence-corrected chi connectivity index (χ1v) is 7.65. The lowest BCUT2D eigenvalue weighted by Gasteiger charge is -2.10. The summed E-state index contributed by atoms with van der Waals surface area (Å²) in [6.07, 6.45) is 1.75. The molecule has 3 aromatic rings. The van der Waals surface area contributed by atoms with Crippen LogP contribution >= 0.6 is 15.9 Å². The van der Waals surface area contributed by atoms with E-state index in [-0.39, 0.29) is 5.82 Å². The first kappa shape index (κ1) is 14.8. The zero-order valence-electron chi connectivity index (χ0n) is 12.3. The van der Waals surface area contributed by atoms with Crippen molar-refractivity contribution in [2.24, 2.45) is 7.05 Å². The molecule has 0 radical (unpaired) electrons. The molecule has 0 fully saturated rings. The summed E-state index contributed by atoms with van der Waals surface area (Å²) in [7, 11) is 1.88. The van der Waals surface area contributed by atoms with Crippen LogP contribution in [0.1, 0.15) is 5.56 Å². The number of aryl methyl sites for hydroxylation is 2. The molecule has 0 saturated carbocycles. The predicted molar refractivity (Wildman–Crippen MR) is 90.8 cm³/mol. The Morgan fingerprint density at radius 1 is 1.14 bits per heavy atom. The molecule has 0 amide bonds. The number of rotatable bonds is 3. The van der Waals surface area contributed by atoms with Crippen LogP contribution in [-0.2, 0) is 7.05 Å². The van der Waals surface area contributed by atoms with Crippen LogP contribution < -0.4 is 5.32 Å². The van der Waals surface area contributed by atoms with E-state index >= 15 is 0 Å². The maximum absolute atomic E-state index is 13.2. The van der Waals surface area contributed by atoms with Crippen molar-refractivity contribution < 1.29 is 4.39 Å². The van der Waals surface area contributed by atoms with Crippen LogP contribution in [0, 0.1) is 12.7 Å². The van der Waals surface area contributed by atoms with Crippen molar-refractivity contribution in [2.45, 2.75) is 6.92 Å². The average molecular weight is 360 g/mol. The molecule has 0 unspecified atom stereocenters. The molecule has 1 aromatic heterocycles. The molecule has 1 N–H and O–H groups in total. The molecule has 0 aliphatic heterocycles. The quantitative estimate of drug-likeness (QED) is 0.709.